The van der Waals surface area contributed by atoms with Crippen molar-refractivity contribution < 1.29 is 22.9 Å². The minimum atomic E-state index is -4.02. The molecule has 0 radical (unpaired) electrons. The Morgan fingerprint density at radius 2 is 1.38 bits per heavy atom. The van der Waals surface area contributed by atoms with Crippen molar-refractivity contribution in [3.63, 3.8) is 0 Å². The van der Waals surface area contributed by atoms with Crippen molar-refractivity contribution in [2.45, 2.75) is 36.7 Å². The van der Waals surface area contributed by atoms with Crippen molar-refractivity contribution in [3.05, 3.63) is 99.6 Å². The van der Waals surface area contributed by atoms with Gasteiger partial charge in [0.05, 0.1) is 29.0 Å². The van der Waals surface area contributed by atoms with E-state index < -0.39 is 27.0 Å². The van der Waals surface area contributed by atoms with Gasteiger partial charge in [-0.15, -0.1) is 0 Å². The zero-order chi connectivity index (χ0) is 24.5. The van der Waals surface area contributed by atoms with E-state index in [1.165, 1.54) is 35.7 Å². The predicted octanol–water partition coefficient (Wildman–Crippen LogP) is 4.75. The summed E-state index contributed by atoms with van der Waals surface area (Å²) in [6.45, 7) is 1.87. The smallest absolute Gasteiger partial charge is 0.269 e. The Morgan fingerprint density at radius 1 is 0.882 bits per heavy atom. The number of carbonyl (C=O) groups is 1. The van der Waals surface area contributed by atoms with Gasteiger partial charge in [0, 0.05) is 25.0 Å². The molecule has 1 saturated heterocycles. The van der Waals surface area contributed by atoms with Crippen LogP contribution in [-0.2, 0) is 14.8 Å². The molecule has 176 valence electrons. The number of non-ortho nitro benzene ring substituents is 1. The number of nitrogens with zero attached hydrogens (tertiary/aromatic N) is 2. The van der Waals surface area contributed by atoms with Gasteiger partial charge in [-0.25, -0.2) is 8.42 Å². The summed E-state index contributed by atoms with van der Waals surface area (Å²) >= 11 is 0. The maximum Gasteiger partial charge on any atom is 0.269 e. The van der Waals surface area contributed by atoms with Gasteiger partial charge in [-0.05, 0) is 42.3 Å². The number of nitro groups is 1. The Morgan fingerprint density at radius 3 is 1.85 bits per heavy atom. The van der Waals surface area contributed by atoms with E-state index in [-0.39, 0.29) is 29.2 Å². The van der Waals surface area contributed by atoms with E-state index in [9.17, 15) is 23.3 Å². The molecule has 8 nitrogen and oxygen atoms in total. The summed E-state index contributed by atoms with van der Waals surface area (Å²) in [5.41, 5.74) is 2.00. The highest BCUT2D eigenvalue weighted by Gasteiger charge is 2.44. The lowest BCUT2D eigenvalue weighted by atomic mass is 9.89. The van der Waals surface area contributed by atoms with Crippen LogP contribution in [0.4, 0.5) is 5.69 Å². The second-order valence-electron chi connectivity index (χ2n) is 8.25. The molecular formula is C25H24N2O6S. The number of ether oxygens (including phenoxy) is 1. The molecule has 1 heterocycles. The largest absolute Gasteiger partial charge is 0.497 e. The summed E-state index contributed by atoms with van der Waals surface area (Å²) in [5, 5.41) is 11.1. The molecule has 0 N–H and O–H groups in total. The van der Waals surface area contributed by atoms with Crippen LogP contribution in [0.25, 0.3) is 0 Å². The Labute approximate surface area is 198 Å². The summed E-state index contributed by atoms with van der Waals surface area (Å²) in [5.74, 6) is 0.533. The van der Waals surface area contributed by atoms with Crippen molar-refractivity contribution >= 4 is 21.5 Å². The number of nitro benzene ring substituents is 1. The number of aryl methyl sites for hydroxylation is 1. The molecule has 0 unspecified atom stereocenters. The number of rotatable bonds is 6. The monoisotopic (exact) mass is 480 g/mol. The Kier molecular flexibility index (Phi) is 6.49. The molecule has 0 aliphatic carbocycles. The minimum absolute atomic E-state index is 0.0183. The molecule has 3 aromatic carbocycles. The molecular weight excluding hydrogens is 456 g/mol. The van der Waals surface area contributed by atoms with Gasteiger partial charge in [0.2, 0.25) is 10.0 Å². The molecule has 0 saturated carbocycles. The Balaban J connectivity index is 1.86. The third kappa shape index (κ3) is 4.57. The predicted molar refractivity (Wildman–Crippen MR) is 126 cm³/mol. The minimum Gasteiger partial charge on any atom is -0.497 e. The Bertz CT molecular complexity index is 1300. The second kappa shape index (κ2) is 9.36. The fourth-order valence-electron chi connectivity index (χ4n) is 4.25. The third-order valence-electron chi connectivity index (χ3n) is 6.04. The number of benzene rings is 3. The average Bonchev–Trinajstić information content (AvgIpc) is 2.83. The lowest BCUT2D eigenvalue weighted by molar-refractivity contribution is -0.384. The quantitative estimate of drug-likeness (QED) is 0.372. The average molecular weight is 481 g/mol. The number of hydrogen-bond donors (Lipinski definition) is 0. The fraction of sp³-hybridized carbons (Fsp3) is 0.240. The third-order valence-corrected chi connectivity index (χ3v) is 7.97. The molecule has 0 aromatic heterocycles. The molecule has 3 aromatic rings. The maximum absolute atomic E-state index is 14.0. The lowest BCUT2D eigenvalue weighted by Crippen LogP contribution is -2.43. The first-order valence-electron chi connectivity index (χ1n) is 10.7. The van der Waals surface area contributed by atoms with Crippen LogP contribution in [0.5, 0.6) is 5.75 Å². The number of methoxy groups -OCH3 is 1. The van der Waals surface area contributed by atoms with E-state index in [1.807, 2.05) is 6.92 Å². The number of piperidine rings is 1. The van der Waals surface area contributed by atoms with Gasteiger partial charge < -0.3 is 4.74 Å². The van der Waals surface area contributed by atoms with E-state index in [4.69, 9.17) is 4.74 Å². The molecule has 0 bridgehead atoms. The summed E-state index contributed by atoms with van der Waals surface area (Å²) in [6, 6.07) is 17.7. The molecule has 1 aliphatic rings. The summed E-state index contributed by atoms with van der Waals surface area (Å²) in [4.78, 5) is 23.5. The van der Waals surface area contributed by atoms with Gasteiger partial charge in [-0.2, -0.15) is 4.31 Å². The first kappa shape index (κ1) is 23.6. The van der Waals surface area contributed by atoms with Crippen molar-refractivity contribution in [1.29, 1.82) is 0 Å². The van der Waals surface area contributed by atoms with Crippen molar-refractivity contribution in [3.8, 4) is 5.75 Å². The highest BCUT2D eigenvalue weighted by Crippen LogP contribution is 2.44. The summed E-state index contributed by atoms with van der Waals surface area (Å²) < 4.78 is 34.5. The van der Waals surface area contributed by atoms with Gasteiger partial charge in [-0.1, -0.05) is 42.0 Å². The Hall–Kier alpha value is -3.56. The van der Waals surface area contributed by atoms with E-state index in [2.05, 4.69) is 0 Å². The van der Waals surface area contributed by atoms with Crippen molar-refractivity contribution in [2.24, 2.45) is 0 Å². The molecule has 34 heavy (non-hydrogen) atoms. The van der Waals surface area contributed by atoms with E-state index in [1.54, 1.807) is 48.5 Å². The van der Waals surface area contributed by atoms with E-state index in [0.29, 0.717) is 16.9 Å². The van der Waals surface area contributed by atoms with Crippen molar-refractivity contribution in [1.82, 2.24) is 4.31 Å². The zero-order valence-corrected chi connectivity index (χ0v) is 19.6. The van der Waals surface area contributed by atoms with Gasteiger partial charge in [0.15, 0.2) is 0 Å². The van der Waals surface area contributed by atoms with Gasteiger partial charge in [0.1, 0.15) is 11.5 Å². The number of Topliss-reactive ketones (excluding diaryl/α,β-unsaturated/α-hetero) is 1. The van der Waals surface area contributed by atoms with Crippen LogP contribution in [0.3, 0.4) is 0 Å². The molecule has 4 rings (SSSR count). The van der Waals surface area contributed by atoms with Crippen LogP contribution < -0.4 is 4.74 Å². The van der Waals surface area contributed by atoms with E-state index >= 15 is 0 Å². The number of carbonyl (C=O) groups excluding carboxylic acids is 1. The maximum atomic E-state index is 14.0. The van der Waals surface area contributed by atoms with Crippen LogP contribution in [0, 0.1) is 17.0 Å². The van der Waals surface area contributed by atoms with Crippen LogP contribution in [0.2, 0.25) is 0 Å². The lowest BCUT2D eigenvalue weighted by Gasteiger charge is -2.41. The molecule has 1 fully saturated rings. The first-order chi connectivity index (χ1) is 16.2. The molecule has 0 amide bonds. The summed E-state index contributed by atoms with van der Waals surface area (Å²) in [7, 11) is -2.48. The number of sulfonamides is 1. The highest BCUT2D eigenvalue weighted by molar-refractivity contribution is 7.89. The van der Waals surface area contributed by atoms with Gasteiger partial charge in [-0.3, -0.25) is 14.9 Å². The number of ketones is 1. The van der Waals surface area contributed by atoms with Crippen LogP contribution in [0.15, 0.2) is 77.7 Å². The van der Waals surface area contributed by atoms with Gasteiger partial charge >= 0.3 is 0 Å². The van der Waals surface area contributed by atoms with E-state index in [0.717, 1.165) is 5.56 Å². The topological polar surface area (TPSA) is 107 Å². The van der Waals surface area contributed by atoms with Crippen LogP contribution >= 0.6 is 0 Å². The van der Waals surface area contributed by atoms with Gasteiger partial charge in [0.25, 0.3) is 5.69 Å². The van der Waals surface area contributed by atoms with Crippen molar-refractivity contribution in [2.75, 3.05) is 7.11 Å². The second-order valence-corrected chi connectivity index (χ2v) is 10.1. The van der Waals surface area contributed by atoms with Crippen LogP contribution in [0.1, 0.15) is 41.6 Å². The first-order valence-corrected chi connectivity index (χ1v) is 12.1. The highest BCUT2D eigenvalue weighted by atomic mass is 32.2. The number of hydrogen-bond acceptors (Lipinski definition) is 6. The molecule has 2 atom stereocenters. The molecule has 1 aliphatic heterocycles. The normalized spacial score (nSPS) is 19.1. The molecule has 0 spiro atoms. The standard InChI is InChI=1S/C25H24N2O6S/c1-17-3-13-23(14-4-17)34(31,32)26-24(18-5-9-20(10-6-18)27(29)30)15-21(28)16-25(26)19-7-11-22(33-2)12-8-19/h3-14,24-25H,15-16H2,1-2H3/t24-,25+/m1/s1. The molecule has 9 heteroatoms. The summed E-state index contributed by atoms with van der Waals surface area (Å²) in [6.07, 6.45) is 0.0104. The van der Waals surface area contributed by atoms with Crippen LogP contribution in [-0.4, -0.2) is 30.5 Å². The fourth-order valence-corrected chi connectivity index (χ4v) is 6.04. The SMILES string of the molecule is COc1ccc([C@@H]2CC(=O)C[C@H](c3ccc([N+](=O)[O-])cc3)N2S(=O)(=O)c2ccc(C)cc2)cc1. The zero-order valence-electron chi connectivity index (χ0n) is 18.7.